The third-order valence-corrected chi connectivity index (χ3v) is 1.27. The van der Waals surface area contributed by atoms with Crippen molar-refractivity contribution in [3.63, 3.8) is 0 Å². The van der Waals surface area contributed by atoms with Gasteiger partial charge in [-0.3, -0.25) is 9.11 Å². The van der Waals surface area contributed by atoms with Gasteiger partial charge < -0.3 is 9.84 Å². The van der Waals surface area contributed by atoms with Crippen molar-refractivity contribution in [2.45, 2.75) is 26.7 Å². The Balaban J connectivity index is -0.000000230. The summed E-state index contributed by atoms with van der Waals surface area (Å²) < 4.78 is 36.3. The van der Waals surface area contributed by atoms with Crippen LogP contribution in [0.2, 0.25) is 0 Å². The molecule has 0 radical (unpaired) electrons. The highest BCUT2D eigenvalue weighted by atomic mass is 32.3. The molecular weight excluding hydrogens is 292 g/mol. The summed E-state index contributed by atoms with van der Waals surface area (Å²) in [5.74, 6) is -1.27. The van der Waals surface area contributed by atoms with Gasteiger partial charge in [-0.05, 0) is 13.3 Å². The van der Waals surface area contributed by atoms with Crippen LogP contribution in [0.1, 0.15) is 26.7 Å². The first kappa shape index (κ1) is 23.4. The van der Waals surface area contributed by atoms with Crippen LogP contribution in [0.3, 0.4) is 0 Å². The number of hydrogen-bond acceptors (Lipinski definition) is 5. The van der Waals surface area contributed by atoms with E-state index in [9.17, 15) is 9.59 Å². The highest BCUT2D eigenvalue weighted by Crippen LogP contribution is 1.88. The topological polar surface area (TPSA) is 138 Å². The third kappa shape index (κ3) is 44.1. The largest absolute Gasteiger partial charge is 0.478 e. The Bertz CT molecular complexity index is 390. The molecular formula is C11H20O8S. The molecule has 0 aliphatic carbocycles. The normalized spacial score (nSPS) is 9.00. The predicted molar refractivity (Wildman–Crippen MR) is 72.7 cm³/mol. The Morgan fingerprint density at radius 3 is 1.85 bits per heavy atom. The first-order valence-electron chi connectivity index (χ1n) is 5.33. The van der Waals surface area contributed by atoms with Gasteiger partial charge in [0.05, 0.1) is 6.61 Å². The Kier molecular flexibility index (Phi) is 16.0. The molecule has 3 N–H and O–H groups in total. The maximum absolute atomic E-state index is 10.3. The Hall–Kier alpha value is -1.71. The van der Waals surface area contributed by atoms with Crippen molar-refractivity contribution < 1.29 is 37.0 Å². The van der Waals surface area contributed by atoms with E-state index in [1.54, 1.807) is 0 Å². The minimum absolute atomic E-state index is 0.176. The Labute approximate surface area is 118 Å². The molecule has 0 rings (SSSR count). The molecule has 0 heterocycles. The molecule has 118 valence electrons. The Morgan fingerprint density at radius 2 is 1.65 bits per heavy atom. The van der Waals surface area contributed by atoms with Crippen LogP contribution in [-0.2, 0) is 24.7 Å². The summed E-state index contributed by atoms with van der Waals surface area (Å²) in [6, 6.07) is 0. The van der Waals surface area contributed by atoms with Crippen LogP contribution < -0.4 is 0 Å². The quantitative estimate of drug-likeness (QED) is 0.300. The fourth-order valence-corrected chi connectivity index (χ4v) is 0.376. The lowest BCUT2D eigenvalue weighted by Gasteiger charge is -1.97. The number of carboxylic acid groups (broad SMARTS) is 1. The van der Waals surface area contributed by atoms with E-state index in [4.69, 9.17) is 22.6 Å². The Morgan fingerprint density at radius 1 is 1.30 bits per heavy atom. The maximum atomic E-state index is 10.3. The standard InChI is InChI=1S/C7H12O2.C4H6O2.H2O4S/c1-3-5-6-9-7(8)4-2;1-3(2)4(5)6;1-5(2,3)4/h4H,2-3,5-6H2,1H3;1H2,2H3,(H,5,6);(H2,1,2,3,4). The van der Waals surface area contributed by atoms with Crippen LogP contribution in [0, 0.1) is 0 Å². The van der Waals surface area contributed by atoms with E-state index in [2.05, 4.69) is 17.9 Å². The van der Waals surface area contributed by atoms with E-state index in [-0.39, 0.29) is 11.5 Å². The molecule has 0 atom stereocenters. The monoisotopic (exact) mass is 312 g/mol. The van der Waals surface area contributed by atoms with Crippen molar-refractivity contribution in [1.29, 1.82) is 0 Å². The van der Waals surface area contributed by atoms with Crippen LogP contribution >= 0.6 is 0 Å². The zero-order valence-corrected chi connectivity index (χ0v) is 12.2. The van der Waals surface area contributed by atoms with Gasteiger partial charge in [0.1, 0.15) is 0 Å². The zero-order valence-electron chi connectivity index (χ0n) is 11.4. The van der Waals surface area contributed by atoms with Gasteiger partial charge in [0.2, 0.25) is 0 Å². The number of ether oxygens (including phenoxy) is 1. The lowest BCUT2D eigenvalue weighted by molar-refractivity contribution is -0.138. The van der Waals surface area contributed by atoms with Crippen molar-refractivity contribution in [2.24, 2.45) is 0 Å². The van der Waals surface area contributed by atoms with Crippen LogP contribution in [0.4, 0.5) is 0 Å². The number of rotatable bonds is 5. The van der Waals surface area contributed by atoms with Crippen molar-refractivity contribution >= 4 is 22.3 Å². The number of carboxylic acids is 1. The first-order chi connectivity index (χ1) is 8.95. The summed E-state index contributed by atoms with van der Waals surface area (Å²) >= 11 is 0. The molecule has 0 aromatic carbocycles. The minimum Gasteiger partial charge on any atom is -0.478 e. The van der Waals surface area contributed by atoms with Crippen molar-refractivity contribution in [2.75, 3.05) is 6.61 Å². The molecule has 0 aromatic heterocycles. The van der Waals surface area contributed by atoms with E-state index in [1.807, 2.05) is 6.92 Å². The van der Waals surface area contributed by atoms with E-state index < -0.39 is 16.4 Å². The van der Waals surface area contributed by atoms with Crippen molar-refractivity contribution in [3.05, 3.63) is 24.8 Å². The lowest BCUT2D eigenvalue weighted by atomic mass is 10.4. The number of esters is 1. The number of aliphatic carboxylic acids is 1. The molecule has 0 saturated carbocycles. The fraction of sp³-hybridized carbons (Fsp3) is 0.455. The van der Waals surface area contributed by atoms with Gasteiger partial charge in [0.15, 0.2) is 0 Å². The summed E-state index contributed by atoms with van der Waals surface area (Å²) in [6.45, 7) is 10.4. The summed E-state index contributed by atoms with van der Waals surface area (Å²) in [7, 11) is -4.67. The summed E-state index contributed by atoms with van der Waals surface area (Å²) in [6.07, 6.45) is 3.15. The second-order valence-corrected chi connectivity index (χ2v) is 4.15. The second kappa shape index (κ2) is 13.7. The number of carbonyl (C=O) groups excluding carboxylic acids is 1. The van der Waals surface area contributed by atoms with E-state index >= 15 is 0 Å². The van der Waals surface area contributed by atoms with Crippen LogP contribution in [0.25, 0.3) is 0 Å². The smallest absolute Gasteiger partial charge is 0.394 e. The average molecular weight is 312 g/mol. The summed E-state index contributed by atoms with van der Waals surface area (Å²) in [4.78, 5) is 19.9. The molecule has 0 aliphatic heterocycles. The molecule has 0 aliphatic rings. The van der Waals surface area contributed by atoms with Crippen LogP contribution in [-0.4, -0.2) is 41.2 Å². The molecule has 20 heavy (non-hydrogen) atoms. The summed E-state index contributed by atoms with van der Waals surface area (Å²) in [5.41, 5.74) is 0.176. The number of hydrogen-bond donors (Lipinski definition) is 3. The number of carbonyl (C=O) groups is 2. The minimum atomic E-state index is -4.67. The molecule has 8 nitrogen and oxygen atoms in total. The van der Waals surface area contributed by atoms with E-state index in [1.165, 1.54) is 13.0 Å². The van der Waals surface area contributed by atoms with Gasteiger partial charge in [0, 0.05) is 11.6 Å². The van der Waals surface area contributed by atoms with Gasteiger partial charge in [-0.15, -0.1) is 0 Å². The molecule has 0 aromatic rings. The first-order valence-corrected chi connectivity index (χ1v) is 6.73. The van der Waals surface area contributed by atoms with E-state index in [0.717, 1.165) is 12.8 Å². The van der Waals surface area contributed by atoms with E-state index in [0.29, 0.717) is 6.61 Å². The van der Waals surface area contributed by atoms with Crippen molar-refractivity contribution in [3.8, 4) is 0 Å². The predicted octanol–water partition coefficient (Wildman–Crippen LogP) is 1.51. The molecule has 9 heteroatoms. The van der Waals surface area contributed by atoms with Gasteiger partial charge >= 0.3 is 22.3 Å². The third-order valence-electron chi connectivity index (χ3n) is 1.27. The SMILES string of the molecule is C=C(C)C(=O)O.C=CC(=O)OCCCC.O=S(=O)(O)O. The number of unbranched alkanes of at least 4 members (excludes halogenated alkanes) is 1. The summed E-state index contributed by atoms with van der Waals surface area (Å²) in [5, 5.41) is 7.89. The van der Waals surface area contributed by atoms with Gasteiger partial charge in [-0.1, -0.05) is 26.5 Å². The molecule has 0 unspecified atom stereocenters. The lowest BCUT2D eigenvalue weighted by Crippen LogP contribution is -2.00. The van der Waals surface area contributed by atoms with Gasteiger partial charge in [-0.2, -0.15) is 8.42 Å². The second-order valence-electron chi connectivity index (χ2n) is 3.26. The average Bonchev–Trinajstić information content (AvgIpc) is 2.27. The highest BCUT2D eigenvalue weighted by Gasteiger charge is 1.91. The molecule has 0 spiro atoms. The van der Waals surface area contributed by atoms with Gasteiger partial charge in [-0.25, -0.2) is 9.59 Å². The molecule has 0 amide bonds. The highest BCUT2D eigenvalue weighted by molar-refractivity contribution is 7.79. The maximum Gasteiger partial charge on any atom is 0.394 e. The van der Waals surface area contributed by atoms with Crippen LogP contribution in [0.15, 0.2) is 24.8 Å². The molecule has 0 bridgehead atoms. The van der Waals surface area contributed by atoms with Crippen molar-refractivity contribution in [1.82, 2.24) is 0 Å². The van der Waals surface area contributed by atoms with Crippen LogP contribution in [0.5, 0.6) is 0 Å². The van der Waals surface area contributed by atoms with Gasteiger partial charge in [0.25, 0.3) is 0 Å². The molecule has 0 fully saturated rings. The molecule has 0 saturated heterocycles. The fourth-order valence-electron chi connectivity index (χ4n) is 0.376. The zero-order chi connectivity index (χ0) is 16.8.